The van der Waals surface area contributed by atoms with E-state index in [1.807, 2.05) is 44.3 Å². The van der Waals surface area contributed by atoms with Crippen LogP contribution in [0.25, 0.3) is 16.8 Å². The predicted octanol–water partition coefficient (Wildman–Crippen LogP) is 5.35. The van der Waals surface area contributed by atoms with E-state index in [4.69, 9.17) is 15.5 Å². The molecule has 0 unspecified atom stereocenters. The fourth-order valence-electron chi connectivity index (χ4n) is 7.37. The van der Waals surface area contributed by atoms with Crippen molar-refractivity contribution in [2.75, 3.05) is 18.9 Å². The maximum absolute atomic E-state index is 13.7. The van der Waals surface area contributed by atoms with Gasteiger partial charge in [0.05, 0.1) is 18.6 Å². The molecule has 4 aromatic rings. The summed E-state index contributed by atoms with van der Waals surface area (Å²) in [5.41, 5.74) is 10.3. The van der Waals surface area contributed by atoms with Gasteiger partial charge < -0.3 is 15.8 Å². The first-order chi connectivity index (χ1) is 20.6. The molecule has 1 saturated heterocycles. The van der Waals surface area contributed by atoms with Crippen molar-refractivity contribution in [3.05, 3.63) is 83.2 Å². The Balaban J connectivity index is 1.14. The number of benzene rings is 2. The number of rotatable bonds is 8. The number of carbonyl (C=O) groups excluding carboxylic acids is 2. The minimum atomic E-state index is -0.437. The Hall–Kier alpha value is -4.11. The third-order valence-electron chi connectivity index (χ3n) is 10.0. The van der Waals surface area contributed by atoms with Crippen LogP contribution in [0.4, 0.5) is 10.2 Å². The largest absolute Gasteiger partial charge is 0.382 e. The van der Waals surface area contributed by atoms with Gasteiger partial charge in [-0.05, 0) is 75.6 Å². The number of hydrogen-bond donors (Lipinski definition) is 2. The predicted molar refractivity (Wildman–Crippen MR) is 161 cm³/mol. The van der Waals surface area contributed by atoms with Gasteiger partial charge in [-0.3, -0.25) is 14.0 Å². The molecule has 2 aliphatic carbocycles. The van der Waals surface area contributed by atoms with Crippen LogP contribution in [0.15, 0.2) is 54.9 Å². The molecule has 1 amide bonds. The minimum Gasteiger partial charge on any atom is -0.382 e. The summed E-state index contributed by atoms with van der Waals surface area (Å²) < 4.78 is 21.1. The molecule has 7 rings (SSSR count). The molecule has 2 saturated carbocycles. The fraction of sp³-hybridized carbons (Fsp3) is 0.412. The van der Waals surface area contributed by atoms with Crippen molar-refractivity contribution in [1.29, 1.82) is 0 Å². The maximum Gasteiger partial charge on any atom is 0.231 e. The lowest BCUT2D eigenvalue weighted by molar-refractivity contribution is -0.159. The van der Waals surface area contributed by atoms with Crippen LogP contribution in [-0.2, 0) is 21.4 Å². The van der Waals surface area contributed by atoms with E-state index in [9.17, 15) is 14.0 Å². The highest BCUT2D eigenvalue weighted by molar-refractivity contribution is 5.97. The summed E-state index contributed by atoms with van der Waals surface area (Å²) in [5.74, 6) is 1.01. The van der Waals surface area contributed by atoms with Gasteiger partial charge in [-0.2, -0.15) is 0 Å². The molecule has 2 bridgehead atoms. The number of ketones is 1. The van der Waals surface area contributed by atoms with Gasteiger partial charge in [0.1, 0.15) is 28.7 Å². The summed E-state index contributed by atoms with van der Waals surface area (Å²) in [6.07, 6.45) is 9.07. The van der Waals surface area contributed by atoms with Crippen LogP contribution in [0.2, 0.25) is 0 Å². The molecule has 3 fully saturated rings. The lowest BCUT2D eigenvalue weighted by Gasteiger charge is -2.40. The molecule has 1 aliphatic heterocycles. The third kappa shape index (κ3) is 4.61. The van der Waals surface area contributed by atoms with E-state index in [-0.39, 0.29) is 22.6 Å². The normalized spacial score (nSPS) is 23.8. The van der Waals surface area contributed by atoms with Crippen molar-refractivity contribution in [3.63, 3.8) is 0 Å². The van der Waals surface area contributed by atoms with Gasteiger partial charge in [-0.25, -0.2) is 14.4 Å². The lowest BCUT2D eigenvalue weighted by Crippen LogP contribution is -2.57. The summed E-state index contributed by atoms with van der Waals surface area (Å²) in [6, 6.07) is 12.4. The molecule has 3 N–H and O–H groups in total. The minimum absolute atomic E-state index is 0.0700. The Morgan fingerprint density at radius 1 is 1.09 bits per heavy atom. The highest BCUT2D eigenvalue weighted by Gasteiger charge is 2.58. The van der Waals surface area contributed by atoms with E-state index in [2.05, 4.69) is 14.7 Å². The van der Waals surface area contributed by atoms with Crippen molar-refractivity contribution in [3.8, 4) is 11.3 Å². The summed E-state index contributed by atoms with van der Waals surface area (Å²) in [4.78, 5) is 35.5. The first-order valence-corrected chi connectivity index (χ1v) is 15.0. The molecule has 222 valence electrons. The first kappa shape index (κ1) is 27.7. The Labute approximate surface area is 249 Å². The number of hydrogen-bond acceptors (Lipinski definition) is 6. The zero-order valence-electron chi connectivity index (χ0n) is 24.6. The van der Waals surface area contributed by atoms with Crippen molar-refractivity contribution >= 4 is 23.0 Å². The summed E-state index contributed by atoms with van der Waals surface area (Å²) >= 11 is 0. The summed E-state index contributed by atoms with van der Waals surface area (Å²) in [7, 11) is 0. The van der Waals surface area contributed by atoms with Crippen LogP contribution in [0.3, 0.4) is 0 Å². The van der Waals surface area contributed by atoms with Crippen molar-refractivity contribution in [2.24, 2.45) is 5.41 Å². The molecule has 0 spiro atoms. The van der Waals surface area contributed by atoms with E-state index < -0.39 is 11.2 Å². The van der Waals surface area contributed by atoms with Crippen LogP contribution >= 0.6 is 0 Å². The number of aromatic nitrogens is 3. The average molecular weight is 582 g/mol. The molecular formula is C34H36FN5O3. The molecule has 8 nitrogen and oxygen atoms in total. The molecular weight excluding hydrogens is 545 g/mol. The van der Waals surface area contributed by atoms with Crippen LogP contribution < -0.4 is 11.1 Å². The van der Waals surface area contributed by atoms with Crippen molar-refractivity contribution < 1.29 is 18.7 Å². The molecule has 2 aromatic heterocycles. The number of fused-ring (bicyclic) bond motifs is 3. The molecule has 3 heterocycles. The summed E-state index contributed by atoms with van der Waals surface area (Å²) in [6.45, 7) is 4.74. The number of nitrogens with two attached hydrogens (primary N) is 1. The zero-order valence-corrected chi connectivity index (χ0v) is 24.6. The van der Waals surface area contributed by atoms with Crippen LogP contribution in [0.1, 0.15) is 72.8 Å². The number of nitrogen functional groups attached to an aromatic ring is 1. The Bertz CT molecular complexity index is 1750. The smallest absolute Gasteiger partial charge is 0.231 e. The number of nitrogens with zero attached hydrogens (tertiary/aromatic N) is 3. The zero-order chi connectivity index (χ0) is 30.0. The van der Waals surface area contributed by atoms with Gasteiger partial charge >= 0.3 is 0 Å². The van der Waals surface area contributed by atoms with E-state index in [1.54, 1.807) is 12.3 Å². The average Bonchev–Trinajstić information content (AvgIpc) is 3.67. The number of halogens is 1. The highest BCUT2D eigenvalue weighted by atomic mass is 19.1. The molecule has 9 heteroatoms. The summed E-state index contributed by atoms with van der Waals surface area (Å²) in [5, 5.41) is 3.43. The quantitative estimate of drug-likeness (QED) is 0.272. The monoisotopic (exact) mass is 581 g/mol. The van der Waals surface area contributed by atoms with Crippen LogP contribution in [-0.4, -0.2) is 44.8 Å². The molecule has 3 aliphatic rings. The van der Waals surface area contributed by atoms with E-state index >= 15 is 0 Å². The number of ether oxygens (including phenoxy) is 1. The fourth-order valence-corrected chi connectivity index (χ4v) is 7.37. The van der Waals surface area contributed by atoms with E-state index in [0.29, 0.717) is 37.4 Å². The van der Waals surface area contributed by atoms with Crippen molar-refractivity contribution in [1.82, 2.24) is 19.7 Å². The second kappa shape index (κ2) is 9.98. The number of aryl methyl sites for hydroxylation is 2. The first-order valence-electron chi connectivity index (χ1n) is 15.0. The SMILES string of the molecule is Cc1ccc(F)cc1C(=O)CCc1ccc(-c2nc(C34CCC(NC(=O)C5(C)COC5)(CC3)C4)n3ccnc(N)c23)cc1. The second-order valence-corrected chi connectivity index (χ2v) is 13.1. The standard InChI is InChI=1S/C34H36FN5O3/c1-21-3-9-24(35)17-25(21)26(41)10-6-22-4-7-23(8-5-22)27-28-29(36)37-15-16-40(28)30(38-27)33-11-13-34(18-33,14-12-33)39-31(42)32(2)19-43-20-32/h3-5,7-9,15-17H,6,10-14,18-20H2,1-2H3,(H2,36,37)(H,39,42). The topological polar surface area (TPSA) is 112 Å². The molecule has 43 heavy (non-hydrogen) atoms. The van der Waals surface area contributed by atoms with Gasteiger partial charge in [-0.1, -0.05) is 30.3 Å². The van der Waals surface area contributed by atoms with Crippen LogP contribution in [0.5, 0.6) is 0 Å². The van der Waals surface area contributed by atoms with Crippen molar-refractivity contribution in [2.45, 2.75) is 69.7 Å². The van der Waals surface area contributed by atoms with Crippen LogP contribution in [0, 0.1) is 18.2 Å². The Morgan fingerprint density at radius 3 is 2.53 bits per heavy atom. The molecule has 0 atom stereocenters. The highest BCUT2D eigenvalue weighted by Crippen LogP contribution is 2.58. The van der Waals surface area contributed by atoms with Gasteiger partial charge in [0.2, 0.25) is 5.91 Å². The van der Waals surface area contributed by atoms with Gasteiger partial charge in [-0.15, -0.1) is 0 Å². The number of Topliss-reactive ketones (excluding diaryl/α,β-unsaturated/α-hetero) is 1. The Kier molecular flexibility index (Phi) is 6.43. The number of nitrogens with one attached hydrogen (secondary N) is 1. The van der Waals surface area contributed by atoms with E-state index in [1.165, 1.54) is 12.1 Å². The maximum atomic E-state index is 13.7. The number of carbonyl (C=O) groups is 2. The number of anilines is 1. The molecule has 0 radical (unpaired) electrons. The molecule has 2 aromatic carbocycles. The third-order valence-corrected chi connectivity index (χ3v) is 10.0. The lowest BCUT2D eigenvalue weighted by atomic mass is 9.82. The van der Waals surface area contributed by atoms with Gasteiger partial charge in [0.25, 0.3) is 0 Å². The number of amides is 1. The van der Waals surface area contributed by atoms with Gasteiger partial charge in [0.15, 0.2) is 5.78 Å². The van der Waals surface area contributed by atoms with Gasteiger partial charge in [0, 0.05) is 40.9 Å². The van der Waals surface area contributed by atoms with E-state index in [0.717, 1.165) is 65.8 Å². The number of imidazole rings is 1. The Morgan fingerprint density at radius 2 is 1.84 bits per heavy atom. The second-order valence-electron chi connectivity index (χ2n) is 13.1.